The Hall–Kier alpha value is -2.07. The van der Waals surface area contributed by atoms with Gasteiger partial charge in [0.05, 0.1) is 0 Å². The summed E-state index contributed by atoms with van der Waals surface area (Å²) in [5.41, 5.74) is 3.74. The highest BCUT2D eigenvalue weighted by molar-refractivity contribution is 6.30. The van der Waals surface area contributed by atoms with Crippen molar-refractivity contribution in [2.75, 3.05) is 20.1 Å². The summed E-state index contributed by atoms with van der Waals surface area (Å²) >= 11 is 5.99. The zero-order valence-corrected chi connectivity index (χ0v) is 14.4. The van der Waals surface area contributed by atoms with E-state index in [9.17, 15) is 0 Å². The standard InChI is InChI=1S/C18H23ClN4/c1-14-13-21-9-7-16(14)8-11-23-18(20-2)22-10-6-15-4-3-5-17(19)12-15/h3-5,7,9,12-13H,6,8,10-11H2,1-2H3,(H2,20,22,23). The Kier molecular flexibility index (Phi) is 6.88. The zero-order valence-electron chi connectivity index (χ0n) is 13.6. The van der Waals surface area contributed by atoms with Crippen molar-refractivity contribution in [3.05, 3.63) is 64.4 Å². The van der Waals surface area contributed by atoms with Crippen molar-refractivity contribution in [1.29, 1.82) is 0 Å². The van der Waals surface area contributed by atoms with E-state index in [-0.39, 0.29) is 0 Å². The second-order valence-corrected chi connectivity index (χ2v) is 5.79. The number of benzene rings is 1. The molecule has 0 aliphatic rings. The molecule has 2 aromatic rings. The quantitative estimate of drug-likeness (QED) is 0.632. The van der Waals surface area contributed by atoms with Gasteiger partial charge in [-0.1, -0.05) is 23.7 Å². The molecule has 23 heavy (non-hydrogen) atoms. The van der Waals surface area contributed by atoms with Gasteiger partial charge in [0, 0.05) is 37.6 Å². The van der Waals surface area contributed by atoms with Crippen LogP contribution in [0.5, 0.6) is 0 Å². The number of pyridine rings is 1. The van der Waals surface area contributed by atoms with Crippen LogP contribution in [0.25, 0.3) is 0 Å². The lowest BCUT2D eigenvalue weighted by Crippen LogP contribution is -2.39. The van der Waals surface area contributed by atoms with Crippen LogP contribution in [0.3, 0.4) is 0 Å². The van der Waals surface area contributed by atoms with Crippen LogP contribution in [0, 0.1) is 6.92 Å². The number of halogens is 1. The first-order valence-electron chi connectivity index (χ1n) is 7.77. The molecule has 0 bridgehead atoms. The van der Waals surface area contributed by atoms with E-state index in [2.05, 4.69) is 39.7 Å². The van der Waals surface area contributed by atoms with Crippen molar-refractivity contribution in [2.45, 2.75) is 19.8 Å². The Morgan fingerprint density at radius 2 is 1.96 bits per heavy atom. The highest BCUT2D eigenvalue weighted by Crippen LogP contribution is 2.10. The van der Waals surface area contributed by atoms with Gasteiger partial charge in [0.2, 0.25) is 0 Å². The molecule has 1 aromatic heterocycles. The molecule has 0 saturated carbocycles. The number of aliphatic imine (C=N–C) groups is 1. The molecule has 5 heteroatoms. The van der Waals surface area contributed by atoms with Crippen LogP contribution < -0.4 is 10.6 Å². The first kappa shape index (κ1) is 17.3. The first-order chi connectivity index (χ1) is 11.2. The smallest absolute Gasteiger partial charge is 0.190 e. The van der Waals surface area contributed by atoms with E-state index in [1.807, 2.05) is 30.6 Å². The van der Waals surface area contributed by atoms with E-state index < -0.39 is 0 Å². The molecule has 0 radical (unpaired) electrons. The number of aromatic nitrogens is 1. The van der Waals surface area contributed by atoms with Gasteiger partial charge in [-0.05, 0) is 54.7 Å². The fourth-order valence-electron chi connectivity index (χ4n) is 2.34. The molecular weight excluding hydrogens is 308 g/mol. The molecule has 0 fully saturated rings. The second-order valence-electron chi connectivity index (χ2n) is 5.36. The van der Waals surface area contributed by atoms with E-state index in [0.717, 1.165) is 36.9 Å². The van der Waals surface area contributed by atoms with Gasteiger partial charge in [-0.25, -0.2) is 0 Å². The van der Waals surface area contributed by atoms with Gasteiger partial charge in [-0.3, -0.25) is 9.98 Å². The number of nitrogens with one attached hydrogen (secondary N) is 2. The van der Waals surface area contributed by atoms with Crippen molar-refractivity contribution in [3.8, 4) is 0 Å². The summed E-state index contributed by atoms with van der Waals surface area (Å²) in [6, 6.07) is 10.00. The molecule has 0 atom stereocenters. The molecule has 2 rings (SSSR count). The number of guanidine groups is 1. The van der Waals surface area contributed by atoms with E-state index >= 15 is 0 Å². The van der Waals surface area contributed by atoms with Crippen LogP contribution in [0.1, 0.15) is 16.7 Å². The molecule has 2 N–H and O–H groups in total. The monoisotopic (exact) mass is 330 g/mol. The maximum absolute atomic E-state index is 5.99. The summed E-state index contributed by atoms with van der Waals surface area (Å²) in [5.74, 6) is 0.818. The van der Waals surface area contributed by atoms with E-state index in [1.165, 1.54) is 16.7 Å². The fourth-order valence-corrected chi connectivity index (χ4v) is 2.55. The average molecular weight is 331 g/mol. The maximum Gasteiger partial charge on any atom is 0.190 e. The van der Waals surface area contributed by atoms with Crippen LogP contribution in [0.2, 0.25) is 5.02 Å². The van der Waals surface area contributed by atoms with Gasteiger partial charge >= 0.3 is 0 Å². The highest BCUT2D eigenvalue weighted by Gasteiger charge is 2.01. The summed E-state index contributed by atoms with van der Waals surface area (Å²) in [4.78, 5) is 8.36. The summed E-state index contributed by atoms with van der Waals surface area (Å²) in [5, 5.41) is 7.43. The van der Waals surface area contributed by atoms with Crippen molar-refractivity contribution in [3.63, 3.8) is 0 Å². The molecule has 122 valence electrons. The van der Waals surface area contributed by atoms with Gasteiger partial charge in [-0.2, -0.15) is 0 Å². The third kappa shape index (κ3) is 5.91. The van der Waals surface area contributed by atoms with E-state index in [0.29, 0.717) is 0 Å². The van der Waals surface area contributed by atoms with Gasteiger partial charge in [0.1, 0.15) is 0 Å². The lowest BCUT2D eigenvalue weighted by Gasteiger charge is -2.12. The lowest BCUT2D eigenvalue weighted by atomic mass is 10.1. The van der Waals surface area contributed by atoms with Crippen molar-refractivity contribution in [1.82, 2.24) is 15.6 Å². The molecule has 4 nitrogen and oxygen atoms in total. The van der Waals surface area contributed by atoms with Crippen LogP contribution >= 0.6 is 11.6 Å². The van der Waals surface area contributed by atoms with Gasteiger partial charge in [0.25, 0.3) is 0 Å². The van der Waals surface area contributed by atoms with Crippen LogP contribution in [-0.4, -0.2) is 31.1 Å². The molecule has 0 aliphatic heterocycles. The number of hydrogen-bond acceptors (Lipinski definition) is 2. The van der Waals surface area contributed by atoms with E-state index in [4.69, 9.17) is 11.6 Å². The van der Waals surface area contributed by atoms with Gasteiger partial charge in [-0.15, -0.1) is 0 Å². The molecule has 0 amide bonds. The number of aryl methyl sites for hydroxylation is 1. The Balaban J connectivity index is 1.72. The Bertz CT molecular complexity index is 655. The molecule has 0 spiro atoms. The molecule has 1 heterocycles. The molecule has 0 aliphatic carbocycles. The minimum atomic E-state index is 0.776. The minimum Gasteiger partial charge on any atom is -0.356 e. The fraction of sp³-hybridized carbons (Fsp3) is 0.333. The van der Waals surface area contributed by atoms with Crippen LogP contribution in [0.15, 0.2) is 47.7 Å². The largest absolute Gasteiger partial charge is 0.356 e. The topological polar surface area (TPSA) is 49.3 Å². The van der Waals surface area contributed by atoms with Crippen molar-refractivity contribution < 1.29 is 0 Å². The Labute approximate surface area is 143 Å². The molecule has 0 unspecified atom stereocenters. The second kappa shape index (κ2) is 9.16. The summed E-state index contributed by atoms with van der Waals surface area (Å²) < 4.78 is 0. The van der Waals surface area contributed by atoms with Gasteiger partial charge < -0.3 is 10.6 Å². The van der Waals surface area contributed by atoms with Crippen LogP contribution in [0.4, 0.5) is 0 Å². The predicted molar refractivity (Wildman–Crippen MR) is 97.2 cm³/mol. The first-order valence-corrected chi connectivity index (χ1v) is 8.15. The molecular formula is C18H23ClN4. The molecule has 1 aromatic carbocycles. The summed E-state index contributed by atoms with van der Waals surface area (Å²) in [6.45, 7) is 3.73. The summed E-state index contributed by atoms with van der Waals surface area (Å²) in [7, 11) is 1.78. The predicted octanol–water partition coefficient (Wildman–Crippen LogP) is 2.99. The number of hydrogen-bond donors (Lipinski definition) is 2. The zero-order chi connectivity index (χ0) is 16.5. The maximum atomic E-state index is 5.99. The number of rotatable bonds is 6. The van der Waals surface area contributed by atoms with Crippen molar-refractivity contribution >= 4 is 17.6 Å². The van der Waals surface area contributed by atoms with Gasteiger partial charge in [0.15, 0.2) is 5.96 Å². The van der Waals surface area contributed by atoms with E-state index in [1.54, 1.807) is 7.05 Å². The normalized spacial score (nSPS) is 11.3. The Morgan fingerprint density at radius 1 is 1.17 bits per heavy atom. The third-order valence-electron chi connectivity index (χ3n) is 3.64. The highest BCUT2D eigenvalue weighted by atomic mass is 35.5. The lowest BCUT2D eigenvalue weighted by molar-refractivity contribution is 0.782. The average Bonchev–Trinajstić information content (AvgIpc) is 2.55. The van der Waals surface area contributed by atoms with Crippen molar-refractivity contribution in [2.24, 2.45) is 4.99 Å². The molecule has 0 saturated heterocycles. The number of nitrogens with zero attached hydrogens (tertiary/aromatic N) is 2. The summed E-state index contributed by atoms with van der Waals surface area (Å²) in [6.07, 6.45) is 5.59. The SMILES string of the molecule is CN=C(NCCc1cccc(Cl)c1)NCCc1ccncc1C. The van der Waals surface area contributed by atoms with Crippen LogP contribution in [-0.2, 0) is 12.8 Å². The Morgan fingerprint density at radius 3 is 2.65 bits per heavy atom. The minimum absolute atomic E-state index is 0.776. The third-order valence-corrected chi connectivity index (χ3v) is 3.88.